The molecule has 279 valence electrons. The quantitative estimate of drug-likeness (QED) is 0.256. The van der Waals surface area contributed by atoms with Crippen molar-refractivity contribution < 1.29 is 0 Å². The third-order valence-electron chi connectivity index (χ3n) is 14.0. The summed E-state index contributed by atoms with van der Waals surface area (Å²) in [6.07, 6.45) is 24.8. The summed E-state index contributed by atoms with van der Waals surface area (Å²) in [7, 11) is 40.5. The van der Waals surface area contributed by atoms with E-state index >= 15 is 0 Å². The Morgan fingerprint density at radius 3 is 1.52 bits per heavy atom. The van der Waals surface area contributed by atoms with Gasteiger partial charge in [-0.25, -0.2) is 0 Å². The molecule has 8 rings (SSSR count). The van der Waals surface area contributed by atoms with E-state index in [-0.39, 0.29) is 0 Å². The topological polar surface area (TPSA) is 37.7 Å². The summed E-state index contributed by atoms with van der Waals surface area (Å²) < 4.78 is 0. The first-order valence-electron chi connectivity index (χ1n) is 23.0. The molecular weight excluding hydrogens is 668 g/mol. The lowest BCUT2D eigenvalue weighted by Crippen LogP contribution is -2.67. The fourth-order valence-electron chi connectivity index (χ4n) is 11.1. The molecule has 0 spiro atoms. The van der Waals surface area contributed by atoms with Crippen LogP contribution >= 0.6 is 0 Å². The monoisotopic (exact) mass is 734 g/mol. The summed E-state index contributed by atoms with van der Waals surface area (Å²) in [5.41, 5.74) is 0. The molecule has 6 nitrogen and oxygen atoms in total. The lowest BCUT2D eigenvalue weighted by atomic mass is 8.53. The lowest BCUT2D eigenvalue weighted by molar-refractivity contribution is 0.244. The standard InChI is InChI=1S/C18H32BN3.C10H17N3.C8H14B.B12/c1-6-16-8-2-9-17(7-1)19(16)10-3-12-21-14-5-15-22-13-4-11-20-18(21)22;1-2-6-12-8-4-9-13-7-3-5-11-10(12)13;1-3-7-5-2-6-8(4-1)9-7;1-8(2)11(7)12(9(3)4)10(5)6/h16-17H,1-15H2;2H,1,3-9H2;7-8H,1-6H2;. The van der Waals surface area contributed by atoms with Gasteiger partial charge in [-0.1, -0.05) is 113 Å². The van der Waals surface area contributed by atoms with Crippen LogP contribution in [0.3, 0.4) is 0 Å². The van der Waals surface area contributed by atoms with Crippen molar-refractivity contribution in [3.8, 4) is 0 Å². The Hall–Kier alpha value is -0.811. The van der Waals surface area contributed by atoms with E-state index in [1.54, 1.807) is 0 Å². The lowest BCUT2D eigenvalue weighted by Gasteiger charge is -2.42. The molecule has 8 aliphatic rings. The molecule has 0 N–H and O–H groups in total. The predicted molar refractivity (Wildman–Crippen MR) is 260 cm³/mol. The SMILES string of the molecule is C1CC2CCCC(C1)B2CCCN1CCCN2CCCN=C21.C=CCN1CCCN2CCCN=C12.[B]1C2CCCC1CCC2.[B]B([B])B([B])B(B([B])[B])B([B])[B]. The largest absolute Gasteiger partial charge is 0.343 e. The van der Waals surface area contributed by atoms with Gasteiger partial charge in [0.2, 0.25) is 0 Å². The molecular formula is C36H63B14N6. The Labute approximate surface area is 356 Å². The van der Waals surface area contributed by atoms with Gasteiger partial charge in [-0.05, 0) is 32.1 Å². The zero-order valence-electron chi connectivity index (χ0n) is 35.2. The first-order valence-corrected chi connectivity index (χ1v) is 23.0. The summed E-state index contributed by atoms with van der Waals surface area (Å²) in [4.78, 5) is 19.3. The van der Waals surface area contributed by atoms with E-state index < -0.39 is 31.9 Å². The molecule has 0 saturated carbocycles. The summed E-state index contributed by atoms with van der Waals surface area (Å²) in [5, 5.41) is 0. The molecule has 6 saturated heterocycles. The first-order chi connectivity index (χ1) is 27.2. The van der Waals surface area contributed by atoms with Crippen LogP contribution in [0.2, 0.25) is 29.6 Å². The molecule has 6 fully saturated rings. The van der Waals surface area contributed by atoms with Crippen molar-refractivity contribution in [2.24, 2.45) is 9.98 Å². The minimum Gasteiger partial charge on any atom is -0.343 e. The second-order valence-electron chi connectivity index (χ2n) is 18.1. The summed E-state index contributed by atoms with van der Waals surface area (Å²) >= 11 is 0. The molecule has 8 heterocycles. The van der Waals surface area contributed by atoms with E-state index in [9.17, 15) is 0 Å². The Morgan fingerprint density at radius 2 is 1.07 bits per heavy atom. The number of hydrogen-bond donors (Lipinski definition) is 0. The number of guanidine groups is 2. The molecule has 0 unspecified atom stereocenters. The highest BCUT2D eigenvalue weighted by Gasteiger charge is 2.38. The van der Waals surface area contributed by atoms with E-state index in [0.29, 0.717) is 0 Å². The molecule has 0 atom stereocenters. The normalized spacial score (nSPS) is 26.2. The zero-order valence-corrected chi connectivity index (χ0v) is 35.2. The van der Waals surface area contributed by atoms with Crippen LogP contribution in [0.15, 0.2) is 22.6 Å². The van der Waals surface area contributed by atoms with Gasteiger partial charge in [0, 0.05) is 152 Å². The van der Waals surface area contributed by atoms with Crippen molar-refractivity contribution in [2.75, 3.05) is 65.4 Å². The Kier molecular flexibility index (Phi) is 20.2. The van der Waals surface area contributed by atoms with Crippen LogP contribution in [-0.2, 0) is 0 Å². The van der Waals surface area contributed by atoms with E-state index in [4.69, 9.17) is 59.2 Å². The van der Waals surface area contributed by atoms with Crippen LogP contribution in [0, 0.1) is 0 Å². The van der Waals surface area contributed by atoms with Gasteiger partial charge in [0.15, 0.2) is 11.9 Å². The van der Waals surface area contributed by atoms with E-state index in [0.717, 1.165) is 56.2 Å². The maximum absolute atomic E-state index is 5.59. The van der Waals surface area contributed by atoms with Crippen molar-refractivity contribution in [1.82, 2.24) is 19.6 Å². The van der Waals surface area contributed by atoms with Gasteiger partial charge >= 0.3 is 0 Å². The smallest absolute Gasteiger partial charge is 0.196 e. The van der Waals surface area contributed by atoms with Gasteiger partial charge in [-0.3, -0.25) is 9.98 Å². The molecule has 0 aliphatic carbocycles. The number of rotatable bonds is 10. The van der Waals surface area contributed by atoms with E-state index in [1.807, 2.05) is 6.08 Å². The molecule has 0 aromatic rings. The van der Waals surface area contributed by atoms with Crippen molar-refractivity contribution in [2.45, 2.75) is 139 Å². The van der Waals surface area contributed by atoms with Gasteiger partial charge in [0.05, 0.1) is 0 Å². The number of aliphatic imine (C=N–C) groups is 2. The van der Waals surface area contributed by atoms with Crippen molar-refractivity contribution in [1.29, 1.82) is 0 Å². The maximum atomic E-state index is 5.59. The Morgan fingerprint density at radius 1 is 0.607 bits per heavy atom. The van der Waals surface area contributed by atoms with Gasteiger partial charge in [0.1, 0.15) is 14.0 Å². The number of nitrogens with zero attached hydrogens (tertiary/aromatic N) is 6. The van der Waals surface area contributed by atoms with Crippen LogP contribution in [0.5, 0.6) is 0 Å². The fourth-order valence-corrected chi connectivity index (χ4v) is 11.1. The van der Waals surface area contributed by atoms with Gasteiger partial charge in [-0.2, -0.15) is 0 Å². The molecule has 20 heteroatoms. The fraction of sp³-hybridized carbons (Fsp3) is 0.889. The predicted octanol–water partition coefficient (Wildman–Crippen LogP) is 2.75. The van der Waals surface area contributed by atoms with Crippen LogP contribution in [0.25, 0.3) is 0 Å². The van der Waals surface area contributed by atoms with Crippen molar-refractivity contribution >= 4 is 112 Å². The molecule has 0 aromatic carbocycles. The molecule has 0 aromatic heterocycles. The van der Waals surface area contributed by atoms with E-state index in [2.05, 4.69) is 38.5 Å². The second-order valence-corrected chi connectivity index (χ2v) is 18.1. The maximum Gasteiger partial charge on any atom is 0.196 e. The summed E-state index contributed by atoms with van der Waals surface area (Å²) in [6.45, 7) is 16.3. The highest BCUT2D eigenvalue weighted by atomic mass is 15.4. The molecule has 15 radical (unpaired) electrons. The van der Waals surface area contributed by atoms with Gasteiger partial charge < -0.3 is 19.6 Å². The van der Waals surface area contributed by atoms with Crippen molar-refractivity contribution in [3.05, 3.63) is 12.7 Å². The van der Waals surface area contributed by atoms with Crippen LogP contribution < -0.4 is 0 Å². The Bertz CT molecular complexity index is 1170. The summed E-state index contributed by atoms with van der Waals surface area (Å²) in [5.74, 6) is 6.75. The van der Waals surface area contributed by atoms with Crippen LogP contribution in [0.4, 0.5) is 0 Å². The molecule has 0 amide bonds. The highest BCUT2D eigenvalue weighted by molar-refractivity contribution is 8.05. The number of hydrogen-bond acceptors (Lipinski definition) is 6. The minimum absolute atomic E-state index is 0.481. The molecule has 4 bridgehead atoms. The third kappa shape index (κ3) is 13.9. The minimum atomic E-state index is -0.723. The second kappa shape index (κ2) is 24.4. The van der Waals surface area contributed by atoms with Crippen molar-refractivity contribution in [3.63, 3.8) is 0 Å². The van der Waals surface area contributed by atoms with Crippen LogP contribution in [0.1, 0.15) is 109 Å². The van der Waals surface area contributed by atoms with Gasteiger partial charge in [-0.15, -0.1) is 6.58 Å². The van der Waals surface area contributed by atoms with E-state index in [1.165, 1.54) is 167 Å². The molecule has 56 heavy (non-hydrogen) atoms. The van der Waals surface area contributed by atoms with Crippen LogP contribution in [-0.4, -0.2) is 197 Å². The third-order valence-corrected chi connectivity index (χ3v) is 14.0. The number of fused-ring (bicyclic) bond motifs is 6. The highest BCUT2D eigenvalue weighted by Crippen LogP contribution is 2.48. The summed E-state index contributed by atoms with van der Waals surface area (Å²) in [6, 6.07) is 0. The Balaban J connectivity index is 0.000000152. The van der Waals surface area contributed by atoms with Gasteiger partial charge in [0.25, 0.3) is 0 Å². The first kappa shape index (κ1) is 46.3. The average Bonchev–Trinajstić information content (AvgIpc) is 3.19. The zero-order chi connectivity index (χ0) is 39.9. The molecule has 8 aliphatic heterocycles. The average molecular weight is 731 g/mol.